The Labute approximate surface area is 232 Å². The quantitative estimate of drug-likeness (QED) is 0.273. The van der Waals surface area contributed by atoms with Crippen molar-refractivity contribution in [2.45, 2.75) is 78.1 Å². The normalized spacial score (nSPS) is 37.0. The van der Waals surface area contributed by atoms with Gasteiger partial charge < -0.3 is 29.4 Å². The maximum Gasteiger partial charge on any atom is 0.494 e. The number of fused-ring (bicyclic) bond motifs is 1. The highest BCUT2D eigenvalue weighted by Crippen LogP contribution is 2.66. The van der Waals surface area contributed by atoms with Gasteiger partial charge in [0.05, 0.1) is 12.7 Å². The molecule has 9 nitrogen and oxygen atoms in total. The standard InChI is InChI=1S/C29H36BFO9/c1-16-6-10-29-11-7-18(32)26(29)28(16,3)21(13-27(2,20(33)12-29)9-8-22(34)35)40-23(36)15-38-19-5-4-17-14-39-30(37)24(17)25(19)31/h4-5,8-9,16,20-21,26,33,37H,6-7,10-15H2,1-3H3,(H,34,35)/b9-8+/t16-,20-,21+,26-,27+,28-,29-/m0/s1. The number of aliphatic hydroxyl groups is 1. The van der Waals surface area contributed by atoms with Crippen molar-refractivity contribution in [1.82, 2.24) is 0 Å². The van der Waals surface area contributed by atoms with Crippen LogP contribution in [-0.4, -0.2) is 58.9 Å². The lowest BCUT2D eigenvalue weighted by Crippen LogP contribution is -2.60. The molecule has 7 atom stereocenters. The fourth-order valence-corrected chi connectivity index (χ4v) is 7.88. The number of ketones is 1. The lowest BCUT2D eigenvalue weighted by molar-refractivity contribution is -0.196. The maximum atomic E-state index is 15.0. The van der Waals surface area contributed by atoms with Gasteiger partial charge in [0.25, 0.3) is 0 Å². The third kappa shape index (κ3) is 4.65. The molecule has 4 aliphatic rings. The molecule has 0 spiro atoms. The Balaban J connectivity index is 1.45. The Kier molecular flexibility index (Phi) is 7.38. The number of hydrogen-bond donors (Lipinski definition) is 3. The van der Waals surface area contributed by atoms with Crippen LogP contribution in [0.15, 0.2) is 24.3 Å². The molecule has 40 heavy (non-hydrogen) atoms. The summed E-state index contributed by atoms with van der Waals surface area (Å²) in [6.07, 6.45) is 3.69. The van der Waals surface area contributed by atoms with Crippen molar-refractivity contribution in [3.05, 3.63) is 35.7 Å². The van der Waals surface area contributed by atoms with Crippen molar-refractivity contribution < 1.29 is 48.1 Å². The van der Waals surface area contributed by atoms with Gasteiger partial charge in [0, 0.05) is 34.7 Å². The number of ether oxygens (including phenoxy) is 2. The summed E-state index contributed by atoms with van der Waals surface area (Å²) in [6.45, 7) is 5.21. The topological polar surface area (TPSA) is 140 Å². The Morgan fingerprint density at radius 1 is 1.25 bits per heavy atom. The zero-order chi connectivity index (χ0) is 29.0. The second kappa shape index (κ2) is 10.3. The maximum absolute atomic E-state index is 15.0. The van der Waals surface area contributed by atoms with E-state index in [-0.39, 0.29) is 35.9 Å². The first-order valence-corrected chi connectivity index (χ1v) is 13.9. The Bertz CT molecular complexity index is 1250. The van der Waals surface area contributed by atoms with E-state index in [1.807, 2.05) is 13.8 Å². The fourth-order valence-electron chi connectivity index (χ4n) is 7.88. The molecule has 0 aromatic heterocycles. The van der Waals surface area contributed by atoms with Gasteiger partial charge in [-0.2, -0.15) is 0 Å². The summed E-state index contributed by atoms with van der Waals surface area (Å²) >= 11 is 0. The van der Waals surface area contributed by atoms with Gasteiger partial charge in [-0.15, -0.1) is 0 Å². The molecule has 5 rings (SSSR count). The van der Waals surface area contributed by atoms with E-state index in [0.717, 1.165) is 18.9 Å². The van der Waals surface area contributed by atoms with Crippen LogP contribution in [0.25, 0.3) is 0 Å². The number of carboxylic acid groups (broad SMARTS) is 1. The zero-order valence-electron chi connectivity index (χ0n) is 23.0. The molecular weight excluding hydrogens is 522 g/mol. The lowest BCUT2D eigenvalue weighted by atomic mass is 9.46. The highest BCUT2D eigenvalue weighted by molar-refractivity contribution is 6.61. The molecular formula is C29H36BFO9. The number of carbonyl (C=O) groups excluding carboxylic acids is 2. The SMILES string of the molecule is C[C@H]1CC[C@@]23CCC(=O)[C@H]2[C@]1(C)[C@H](OC(=O)COc1ccc2c(c1F)B(O)OC2)C[C@@](C)(/C=C/C(=O)O)[C@@H](O)C3. The van der Waals surface area contributed by atoms with Crippen molar-refractivity contribution in [2.75, 3.05) is 6.61 Å². The number of carbonyl (C=O) groups is 3. The van der Waals surface area contributed by atoms with E-state index in [1.165, 1.54) is 12.1 Å². The number of aliphatic carboxylic acids is 1. The molecule has 0 radical (unpaired) electrons. The number of esters is 1. The predicted octanol–water partition coefficient (Wildman–Crippen LogP) is 2.54. The lowest BCUT2D eigenvalue weighted by Gasteiger charge is -2.59. The van der Waals surface area contributed by atoms with Gasteiger partial charge in [0.15, 0.2) is 18.2 Å². The first kappa shape index (κ1) is 28.8. The Morgan fingerprint density at radius 3 is 2.73 bits per heavy atom. The van der Waals surface area contributed by atoms with Gasteiger partial charge in [0.2, 0.25) is 0 Å². The summed E-state index contributed by atoms with van der Waals surface area (Å²) in [5.41, 5.74) is -1.81. The van der Waals surface area contributed by atoms with E-state index in [2.05, 4.69) is 0 Å². The predicted molar refractivity (Wildman–Crippen MR) is 141 cm³/mol. The third-order valence-electron chi connectivity index (χ3n) is 10.3. The molecule has 3 fully saturated rings. The van der Waals surface area contributed by atoms with E-state index in [9.17, 15) is 34.0 Å². The van der Waals surface area contributed by atoms with E-state index in [1.54, 1.807) is 13.0 Å². The molecule has 1 aromatic rings. The summed E-state index contributed by atoms with van der Waals surface area (Å²) < 4.78 is 31.5. The molecule has 0 amide bonds. The minimum absolute atomic E-state index is 0.00461. The second-order valence-corrected chi connectivity index (χ2v) is 12.5. The number of carboxylic acids is 1. The summed E-state index contributed by atoms with van der Waals surface area (Å²) in [4.78, 5) is 38.0. The molecule has 3 aliphatic carbocycles. The summed E-state index contributed by atoms with van der Waals surface area (Å²) in [6, 6.07) is 2.92. The summed E-state index contributed by atoms with van der Waals surface area (Å²) in [7, 11) is -1.42. The molecule has 11 heteroatoms. The van der Waals surface area contributed by atoms with E-state index >= 15 is 0 Å². The number of hydrogen-bond acceptors (Lipinski definition) is 8. The van der Waals surface area contributed by atoms with Gasteiger partial charge >= 0.3 is 19.1 Å². The minimum atomic E-state index is -1.42. The van der Waals surface area contributed by atoms with Crippen LogP contribution in [0.3, 0.4) is 0 Å². The van der Waals surface area contributed by atoms with Gasteiger partial charge in [0.1, 0.15) is 11.9 Å². The largest absolute Gasteiger partial charge is 0.494 e. The van der Waals surface area contributed by atoms with Crippen LogP contribution in [-0.2, 0) is 30.4 Å². The molecule has 216 valence electrons. The molecule has 1 aliphatic heterocycles. The van der Waals surface area contributed by atoms with E-state index in [4.69, 9.17) is 14.1 Å². The van der Waals surface area contributed by atoms with Crippen LogP contribution in [0.4, 0.5) is 4.39 Å². The molecule has 1 heterocycles. The van der Waals surface area contributed by atoms with Crippen LogP contribution < -0.4 is 10.2 Å². The monoisotopic (exact) mass is 558 g/mol. The van der Waals surface area contributed by atoms with Crippen molar-refractivity contribution >= 4 is 30.3 Å². The average molecular weight is 558 g/mol. The second-order valence-electron chi connectivity index (χ2n) is 12.5. The van der Waals surface area contributed by atoms with Gasteiger partial charge in [-0.25, -0.2) is 14.0 Å². The zero-order valence-corrected chi connectivity index (χ0v) is 23.0. The molecule has 0 saturated heterocycles. The number of aliphatic hydroxyl groups excluding tert-OH is 1. The highest BCUT2D eigenvalue weighted by Gasteiger charge is 2.66. The van der Waals surface area contributed by atoms with Gasteiger partial charge in [-0.3, -0.25) is 4.79 Å². The Morgan fingerprint density at radius 2 is 2.00 bits per heavy atom. The molecule has 3 N–H and O–H groups in total. The number of benzene rings is 1. The van der Waals surface area contributed by atoms with Crippen LogP contribution >= 0.6 is 0 Å². The Hall–Kier alpha value is -2.76. The van der Waals surface area contributed by atoms with Crippen LogP contribution in [0.2, 0.25) is 0 Å². The van der Waals surface area contributed by atoms with Crippen molar-refractivity contribution in [2.24, 2.45) is 28.1 Å². The minimum Gasteiger partial charge on any atom is -0.479 e. The van der Waals surface area contributed by atoms with E-state index in [0.29, 0.717) is 24.8 Å². The number of Topliss-reactive ketones (excluding diaryl/α,β-unsaturated/α-hetero) is 1. The van der Waals surface area contributed by atoms with Gasteiger partial charge in [-0.05, 0) is 55.1 Å². The molecule has 1 aromatic carbocycles. The number of halogens is 1. The molecule has 2 bridgehead atoms. The van der Waals surface area contributed by atoms with Crippen molar-refractivity contribution in [1.29, 1.82) is 0 Å². The number of rotatable bonds is 6. The van der Waals surface area contributed by atoms with Crippen molar-refractivity contribution in [3.8, 4) is 5.75 Å². The van der Waals surface area contributed by atoms with Crippen molar-refractivity contribution in [3.63, 3.8) is 0 Å². The average Bonchev–Trinajstić information content (AvgIpc) is 3.44. The van der Waals surface area contributed by atoms with E-state index < -0.39 is 65.9 Å². The highest BCUT2D eigenvalue weighted by atomic mass is 19.1. The van der Waals surface area contributed by atoms with Crippen LogP contribution in [0.5, 0.6) is 5.75 Å². The first-order chi connectivity index (χ1) is 18.8. The summed E-state index contributed by atoms with van der Waals surface area (Å²) in [5.74, 6) is -3.29. The smallest absolute Gasteiger partial charge is 0.479 e. The van der Waals surface area contributed by atoms with Gasteiger partial charge in [-0.1, -0.05) is 32.9 Å². The first-order valence-electron chi connectivity index (χ1n) is 13.9. The third-order valence-corrected chi connectivity index (χ3v) is 10.3. The van der Waals surface area contributed by atoms with Crippen LogP contribution in [0, 0.1) is 33.9 Å². The molecule has 0 unspecified atom stereocenters. The van der Waals surface area contributed by atoms with Crippen LogP contribution in [0.1, 0.15) is 64.9 Å². The fraction of sp³-hybridized carbons (Fsp3) is 0.621. The molecule has 3 saturated carbocycles. The summed E-state index contributed by atoms with van der Waals surface area (Å²) in [5, 5.41) is 30.7.